The number of nitrogens with zero attached hydrogens (tertiary/aromatic N) is 3. The van der Waals surface area contributed by atoms with Crippen LogP contribution in [0.15, 0.2) is 0 Å². The largest absolute Gasteiger partial charge is 0.379 e. The lowest BCUT2D eigenvalue weighted by molar-refractivity contribution is 0.0343. The van der Waals surface area contributed by atoms with Gasteiger partial charge in [0.15, 0.2) is 0 Å². The predicted octanol–water partition coefficient (Wildman–Crippen LogP) is 0.911. The maximum Gasteiger partial charge on any atom is 0.0797 e. The quantitative estimate of drug-likeness (QED) is 0.833. The van der Waals surface area contributed by atoms with Crippen molar-refractivity contribution in [3.05, 3.63) is 10.6 Å². The Morgan fingerprint density at radius 3 is 2.94 bits per heavy atom. The molecule has 1 aromatic rings. The Morgan fingerprint density at radius 2 is 2.22 bits per heavy atom. The van der Waals surface area contributed by atoms with Gasteiger partial charge < -0.3 is 10.1 Å². The molecule has 1 aliphatic heterocycles. The fourth-order valence-electron chi connectivity index (χ4n) is 2.13. The highest BCUT2D eigenvalue weighted by Gasteiger charge is 2.14. The average molecular weight is 270 g/mol. The first-order valence-electron chi connectivity index (χ1n) is 6.63. The number of nitrogens with one attached hydrogen (secondary N) is 1. The van der Waals surface area contributed by atoms with Crippen LogP contribution in [0.1, 0.15) is 24.4 Å². The first-order valence-corrected chi connectivity index (χ1v) is 7.40. The minimum absolute atomic E-state index is 0.481. The van der Waals surface area contributed by atoms with Crippen molar-refractivity contribution in [2.75, 3.05) is 32.8 Å². The number of hydrogen-bond donors (Lipinski definition) is 1. The van der Waals surface area contributed by atoms with Gasteiger partial charge in [-0.3, -0.25) is 4.90 Å². The maximum atomic E-state index is 5.35. The van der Waals surface area contributed by atoms with Crippen LogP contribution in [0.2, 0.25) is 0 Å². The molecule has 0 saturated carbocycles. The Morgan fingerprint density at radius 1 is 1.44 bits per heavy atom. The van der Waals surface area contributed by atoms with Gasteiger partial charge in [0.25, 0.3) is 0 Å². The van der Waals surface area contributed by atoms with E-state index >= 15 is 0 Å². The van der Waals surface area contributed by atoms with Crippen LogP contribution in [0, 0.1) is 0 Å². The second kappa shape index (κ2) is 7.13. The van der Waals surface area contributed by atoms with Gasteiger partial charge in [-0.25, -0.2) is 0 Å². The summed E-state index contributed by atoms with van der Waals surface area (Å²) in [5.74, 6) is 0. The van der Waals surface area contributed by atoms with Gasteiger partial charge in [0.1, 0.15) is 0 Å². The summed E-state index contributed by atoms with van der Waals surface area (Å²) in [4.78, 5) is 3.72. The molecule has 5 nitrogen and oxygen atoms in total. The fraction of sp³-hybridized carbons (Fsp3) is 0.833. The lowest BCUT2D eigenvalue weighted by Crippen LogP contribution is -2.44. The van der Waals surface area contributed by atoms with Crippen molar-refractivity contribution >= 4 is 11.5 Å². The zero-order valence-corrected chi connectivity index (χ0v) is 12.0. The standard InChI is InChI=1S/C12H22N4OS/c1-3-11-12(18-15-14-11)8-13-10(2)9-16-4-6-17-7-5-16/h10,13H,3-9H2,1-2H3. The molecule has 18 heavy (non-hydrogen) atoms. The highest BCUT2D eigenvalue weighted by Crippen LogP contribution is 2.11. The van der Waals surface area contributed by atoms with E-state index in [0.717, 1.165) is 51.5 Å². The Bertz CT molecular complexity index is 352. The molecule has 1 aliphatic rings. The molecule has 2 rings (SSSR count). The van der Waals surface area contributed by atoms with Crippen molar-refractivity contribution in [3.8, 4) is 0 Å². The molecule has 0 bridgehead atoms. The van der Waals surface area contributed by atoms with Crippen LogP contribution in [0.25, 0.3) is 0 Å². The summed E-state index contributed by atoms with van der Waals surface area (Å²) in [6.07, 6.45) is 0.964. The van der Waals surface area contributed by atoms with E-state index in [1.807, 2.05) is 0 Å². The predicted molar refractivity (Wildman–Crippen MR) is 72.8 cm³/mol. The minimum Gasteiger partial charge on any atom is -0.379 e. The number of aryl methyl sites for hydroxylation is 1. The van der Waals surface area contributed by atoms with Gasteiger partial charge >= 0.3 is 0 Å². The van der Waals surface area contributed by atoms with E-state index in [1.165, 1.54) is 16.4 Å². The molecule has 1 unspecified atom stereocenters. The molecule has 1 fully saturated rings. The number of aromatic nitrogens is 2. The number of rotatable bonds is 6. The van der Waals surface area contributed by atoms with E-state index in [1.54, 1.807) is 0 Å². The molecule has 1 N–H and O–H groups in total. The summed E-state index contributed by atoms with van der Waals surface area (Å²) in [6.45, 7) is 10.1. The summed E-state index contributed by atoms with van der Waals surface area (Å²) in [5.41, 5.74) is 1.13. The van der Waals surface area contributed by atoms with E-state index < -0.39 is 0 Å². The molecule has 0 amide bonds. The van der Waals surface area contributed by atoms with Gasteiger partial charge in [-0.05, 0) is 24.9 Å². The molecule has 0 aliphatic carbocycles. The van der Waals surface area contributed by atoms with Crippen LogP contribution in [0.3, 0.4) is 0 Å². The maximum absolute atomic E-state index is 5.35. The van der Waals surface area contributed by atoms with Crippen LogP contribution in [-0.2, 0) is 17.7 Å². The molecule has 1 aromatic heterocycles. The highest BCUT2D eigenvalue weighted by atomic mass is 32.1. The lowest BCUT2D eigenvalue weighted by Gasteiger charge is -2.29. The van der Waals surface area contributed by atoms with Crippen molar-refractivity contribution in [2.24, 2.45) is 0 Å². The Balaban J connectivity index is 1.72. The summed E-state index contributed by atoms with van der Waals surface area (Å²) in [5, 5.41) is 7.68. The summed E-state index contributed by atoms with van der Waals surface area (Å²) < 4.78 is 9.36. The average Bonchev–Trinajstić information content (AvgIpc) is 2.85. The van der Waals surface area contributed by atoms with Crippen LogP contribution in [0.5, 0.6) is 0 Å². The molecule has 1 atom stereocenters. The third kappa shape index (κ3) is 3.98. The zero-order valence-electron chi connectivity index (χ0n) is 11.2. The number of morpholine rings is 1. The Labute approximate surface area is 113 Å². The molecule has 0 radical (unpaired) electrons. The first-order chi connectivity index (χ1) is 8.79. The zero-order chi connectivity index (χ0) is 12.8. The van der Waals surface area contributed by atoms with Gasteiger partial charge in [-0.15, -0.1) is 5.10 Å². The van der Waals surface area contributed by atoms with Crippen molar-refractivity contribution in [1.29, 1.82) is 0 Å². The normalized spacial score (nSPS) is 19.0. The first kappa shape index (κ1) is 13.9. The van der Waals surface area contributed by atoms with Crippen LogP contribution in [-0.4, -0.2) is 53.4 Å². The summed E-state index contributed by atoms with van der Waals surface area (Å²) >= 11 is 1.50. The SMILES string of the molecule is CCc1nnsc1CNC(C)CN1CCOCC1. The topological polar surface area (TPSA) is 50.3 Å². The van der Waals surface area contributed by atoms with Gasteiger partial charge in [0.2, 0.25) is 0 Å². The summed E-state index contributed by atoms with van der Waals surface area (Å²) in [6, 6.07) is 0.481. The van der Waals surface area contributed by atoms with Gasteiger partial charge in [0.05, 0.1) is 23.8 Å². The van der Waals surface area contributed by atoms with E-state index in [-0.39, 0.29) is 0 Å². The van der Waals surface area contributed by atoms with Crippen molar-refractivity contribution in [1.82, 2.24) is 19.8 Å². The third-order valence-corrected chi connectivity index (χ3v) is 3.98. The molecule has 102 valence electrons. The summed E-state index contributed by atoms with van der Waals surface area (Å²) in [7, 11) is 0. The molecular weight excluding hydrogens is 248 g/mol. The van der Waals surface area contributed by atoms with E-state index in [9.17, 15) is 0 Å². The van der Waals surface area contributed by atoms with Gasteiger partial charge in [0, 0.05) is 32.2 Å². The molecule has 2 heterocycles. The number of hydrogen-bond acceptors (Lipinski definition) is 6. The Kier molecular flexibility index (Phi) is 5.49. The third-order valence-electron chi connectivity index (χ3n) is 3.22. The van der Waals surface area contributed by atoms with Crippen molar-refractivity contribution < 1.29 is 4.74 Å². The van der Waals surface area contributed by atoms with E-state index in [0.29, 0.717) is 6.04 Å². The number of ether oxygens (including phenoxy) is 1. The Hall–Kier alpha value is -0.560. The second-order valence-corrected chi connectivity index (χ2v) is 5.53. The van der Waals surface area contributed by atoms with E-state index in [2.05, 4.69) is 33.7 Å². The van der Waals surface area contributed by atoms with Crippen LogP contribution in [0.4, 0.5) is 0 Å². The highest BCUT2D eigenvalue weighted by molar-refractivity contribution is 7.05. The molecular formula is C12H22N4OS. The van der Waals surface area contributed by atoms with Gasteiger partial charge in [-0.1, -0.05) is 11.4 Å². The lowest BCUT2D eigenvalue weighted by atomic mass is 10.2. The van der Waals surface area contributed by atoms with E-state index in [4.69, 9.17) is 4.74 Å². The van der Waals surface area contributed by atoms with Crippen LogP contribution < -0.4 is 5.32 Å². The molecule has 0 aromatic carbocycles. The minimum atomic E-state index is 0.481. The van der Waals surface area contributed by atoms with Gasteiger partial charge in [-0.2, -0.15) is 0 Å². The molecule has 6 heteroatoms. The van der Waals surface area contributed by atoms with Crippen molar-refractivity contribution in [2.45, 2.75) is 32.9 Å². The smallest absolute Gasteiger partial charge is 0.0797 e. The van der Waals surface area contributed by atoms with Crippen molar-refractivity contribution in [3.63, 3.8) is 0 Å². The molecule has 0 spiro atoms. The monoisotopic (exact) mass is 270 g/mol. The van der Waals surface area contributed by atoms with Crippen LogP contribution >= 0.6 is 11.5 Å². The second-order valence-electron chi connectivity index (χ2n) is 4.69. The fourth-order valence-corrected chi connectivity index (χ4v) is 2.81. The molecule has 1 saturated heterocycles.